The molecule has 4 nitrogen and oxygen atoms in total. The summed E-state index contributed by atoms with van der Waals surface area (Å²) in [6.45, 7) is 6.25. The molecule has 1 N–H and O–H groups in total. The number of hydrogen-bond donors (Lipinski definition) is 1. The highest BCUT2D eigenvalue weighted by Crippen LogP contribution is 2.08. The van der Waals surface area contributed by atoms with Crippen LogP contribution < -0.4 is 5.32 Å². The van der Waals surface area contributed by atoms with E-state index in [1.54, 1.807) is 0 Å². The van der Waals surface area contributed by atoms with E-state index in [0.29, 0.717) is 6.04 Å². The molecule has 0 fully saturated rings. The largest absolute Gasteiger partial charge is 0.312 e. The van der Waals surface area contributed by atoms with Crippen LogP contribution in [0.1, 0.15) is 26.7 Å². The quantitative estimate of drug-likeness (QED) is 0.830. The van der Waals surface area contributed by atoms with Gasteiger partial charge in [0.15, 0.2) is 0 Å². The minimum Gasteiger partial charge on any atom is -0.312 e. The lowest BCUT2D eigenvalue weighted by Crippen LogP contribution is -2.29. The summed E-state index contributed by atoms with van der Waals surface area (Å²) < 4.78 is 1.96. The fourth-order valence-electron chi connectivity index (χ4n) is 2.03. The average Bonchev–Trinajstić information content (AvgIpc) is 2.73. The molecule has 0 amide bonds. The Hall–Kier alpha value is -1.42. The predicted octanol–water partition coefficient (Wildman–Crippen LogP) is 2.21. The first-order valence-electron chi connectivity index (χ1n) is 6.33. The van der Waals surface area contributed by atoms with E-state index in [-0.39, 0.29) is 0 Å². The van der Waals surface area contributed by atoms with Crippen LogP contribution in [0, 0.1) is 0 Å². The molecule has 0 saturated carbocycles. The van der Waals surface area contributed by atoms with Crippen LogP contribution in [0.3, 0.4) is 0 Å². The third-order valence-corrected chi connectivity index (χ3v) is 2.96. The van der Waals surface area contributed by atoms with Gasteiger partial charge in [-0.25, -0.2) is 4.68 Å². The molecule has 2 aromatic rings. The molecule has 0 spiro atoms. The Morgan fingerprint density at radius 1 is 1.35 bits per heavy atom. The van der Waals surface area contributed by atoms with E-state index in [1.807, 2.05) is 22.9 Å². The number of fused-ring (bicyclic) bond motifs is 1. The van der Waals surface area contributed by atoms with Crippen molar-refractivity contribution >= 4 is 11.0 Å². The van der Waals surface area contributed by atoms with Gasteiger partial charge in [-0.3, -0.25) is 0 Å². The summed E-state index contributed by atoms with van der Waals surface area (Å²) in [5.41, 5.74) is 2.08. The van der Waals surface area contributed by atoms with Crippen molar-refractivity contribution in [3.05, 3.63) is 24.3 Å². The van der Waals surface area contributed by atoms with Crippen molar-refractivity contribution < 1.29 is 0 Å². The van der Waals surface area contributed by atoms with Crippen LogP contribution in [0.25, 0.3) is 11.0 Å². The van der Waals surface area contributed by atoms with Crippen LogP contribution in [0.2, 0.25) is 0 Å². The molecule has 2 rings (SSSR count). The zero-order valence-electron chi connectivity index (χ0n) is 10.6. The Labute approximate surface area is 102 Å². The van der Waals surface area contributed by atoms with Crippen LogP contribution in [0.15, 0.2) is 24.3 Å². The van der Waals surface area contributed by atoms with Crippen LogP contribution in [0.5, 0.6) is 0 Å². The number of nitrogens with zero attached hydrogens (tertiary/aromatic N) is 3. The second-order valence-electron chi connectivity index (χ2n) is 4.45. The zero-order valence-corrected chi connectivity index (χ0v) is 10.6. The summed E-state index contributed by atoms with van der Waals surface area (Å²) in [6.07, 6.45) is 2.44. The van der Waals surface area contributed by atoms with Gasteiger partial charge in [0, 0.05) is 12.6 Å². The second-order valence-corrected chi connectivity index (χ2v) is 4.45. The molecule has 1 aromatic carbocycles. The molecule has 0 bridgehead atoms. The number of hydrogen-bond acceptors (Lipinski definition) is 3. The number of aromatic nitrogens is 3. The van der Waals surface area contributed by atoms with Crippen LogP contribution in [-0.2, 0) is 6.54 Å². The number of nitrogens with one attached hydrogen (secondary N) is 1. The van der Waals surface area contributed by atoms with Crippen LogP contribution in [-0.4, -0.2) is 27.6 Å². The van der Waals surface area contributed by atoms with E-state index in [4.69, 9.17) is 0 Å². The van der Waals surface area contributed by atoms with E-state index in [9.17, 15) is 0 Å². The molecule has 17 heavy (non-hydrogen) atoms. The normalized spacial score (nSPS) is 13.1. The minimum absolute atomic E-state index is 0.579. The topological polar surface area (TPSA) is 42.7 Å². The zero-order chi connectivity index (χ0) is 12.1. The molecule has 1 atom stereocenters. The van der Waals surface area contributed by atoms with Gasteiger partial charge in [-0.05, 0) is 25.5 Å². The third kappa shape index (κ3) is 3.03. The van der Waals surface area contributed by atoms with Gasteiger partial charge >= 0.3 is 0 Å². The van der Waals surface area contributed by atoms with Gasteiger partial charge in [0.1, 0.15) is 5.52 Å². The van der Waals surface area contributed by atoms with Gasteiger partial charge in [-0.1, -0.05) is 30.7 Å². The lowest BCUT2D eigenvalue weighted by molar-refractivity contribution is 0.472. The molecular weight excluding hydrogens is 212 g/mol. The standard InChI is InChI=1S/C13H20N4/c1-3-6-11(2)14-9-10-17-13-8-5-4-7-12(13)15-16-17/h4-5,7-8,11,14H,3,6,9-10H2,1-2H3. The molecule has 1 heterocycles. The fourth-order valence-corrected chi connectivity index (χ4v) is 2.03. The monoisotopic (exact) mass is 232 g/mol. The van der Waals surface area contributed by atoms with Crippen molar-refractivity contribution in [2.24, 2.45) is 0 Å². The summed E-state index contributed by atoms with van der Waals surface area (Å²) in [6, 6.07) is 8.64. The van der Waals surface area contributed by atoms with Gasteiger partial charge < -0.3 is 5.32 Å². The highest BCUT2D eigenvalue weighted by molar-refractivity contribution is 5.73. The second kappa shape index (κ2) is 5.77. The third-order valence-electron chi connectivity index (χ3n) is 2.96. The molecular formula is C13H20N4. The molecule has 0 aliphatic carbocycles. The Bertz CT molecular complexity index is 463. The van der Waals surface area contributed by atoms with Crippen molar-refractivity contribution in [3.8, 4) is 0 Å². The first kappa shape index (κ1) is 12.0. The number of benzene rings is 1. The molecule has 92 valence electrons. The summed E-state index contributed by atoms with van der Waals surface area (Å²) in [5, 5.41) is 11.8. The van der Waals surface area contributed by atoms with Gasteiger partial charge in [0.05, 0.1) is 12.1 Å². The van der Waals surface area contributed by atoms with E-state index >= 15 is 0 Å². The van der Waals surface area contributed by atoms with E-state index in [2.05, 4.69) is 35.5 Å². The number of para-hydroxylation sites is 1. The van der Waals surface area contributed by atoms with Crippen molar-refractivity contribution in [1.82, 2.24) is 20.3 Å². The maximum atomic E-state index is 4.16. The predicted molar refractivity (Wildman–Crippen MR) is 69.9 cm³/mol. The maximum absolute atomic E-state index is 4.16. The molecule has 0 saturated heterocycles. The van der Waals surface area contributed by atoms with Gasteiger partial charge in [-0.15, -0.1) is 5.10 Å². The summed E-state index contributed by atoms with van der Waals surface area (Å²) in [4.78, 5) is 0. The lowest BCUT2D eigenvalue weighted by Gasteiger charge is -2.12. The minimum atomic E-state index is 0.579. The first-order valence-corrected chi connectivity index (χ1v) is 6.33. The molecule has 0 aliphatic rings. The number of rotatable bonds is 6. The SMILES string of the molecule is CCCC(C)NCCn1nnc2ccccc21. The summed E-state index contributed by atoms with van der Waals surface area (Å²) in [5.74, 6) is 0. The lowest BCUT2D eigenvalue weighted by atomic mass is 10.2. The smallest absolute Gasteiger partial charge is 0.113 e. The van der Waals surface area contributed by atoms with Crippen molar-refractivity contribution in [1.29, 1.82) is 0 Å². The van der Waals surface area contributed by atoms with Gasteiger partial charge in [0.25, 0.3) is 0 Å². The molecule has 0 radical (unpaired) electrons. The van der Waals surface area contributed by atoms with Crippen molar-refractivity contribution in [2.45, 2.75) is 39.3 Å². The fraction of sp³-hybridized carbons (Fsp3) is 0.538. The Balaban J connectivity index is 1.91. The van der Waals surface area contributed by atoms with Gasteiger partial charge in [-0.2, -0.15) is 0 Å². The first-order chi connectivity index (χ1) is 8.31. The Morgan fingerprint density at radius 3 is 3.00 bits per heavy atom. The highest BCUT2D eigenvalue weighted by atomic mass is 15.4. The van der Waals surface area contributed by atoms with Crippen molar-refractivity contribution in [3.63, 3.8) is 0 Å². The van der Waals surface area contributed by atoms with Crippen LogP contribution >= 0.6 is 0 Å². The molecule has 1 aromatic heterocycles. The van der Waals surface area contributed by atoms with E-state index < -0.39 is 0 Å². The van der Waals surface area contributed by atoms with E-state index in [0.717, 1.165) is 24.1 Å². The Kier molecular flexibility index (Phi) is 4.09. The molecule has 4 heteroatoms. The van der Waals surface area contributed by atoms with Crippen molar-refractivity contribution in [2.75, 3.05) is 6.54 Å². The summed E-state index contributed by atoms with van der Waals surface area (Å²) >= 11 is 0. The molecule has 1 unspecified atom stereocenters. The molecule has 0 aliphatic heterocycles. The Morgan fingerprint density at radius 2 is 2.18 bits per heavy atom. The van der Waals surface area contributed by atoms with Crippen LogP contribution in [0.4, 0.5) is 0 Å². The average molecular weight is 232 g/mol. The summed E-state index contributed by atoms with van der Waals surface area (Å²) in [7, 11) is 0. The maximum Gasteiger partial charge on any atom is 0.113 e. The van der Waals surface area contributed by atoms with Gasteiger partial charge in [0.2, 0.25) is 0 Å². The van der Waals surface area contributed by atoms with E-state index in [1.165, 1.54) is 12.8 Å². The highest BCUT2D eigenvalue weighted by Gasteiger charge is 2.03.